The minimum atomic E-state index is -0.492. The van der Waals surface area contributed by atoms with Crippen molar-refractivity contribution in [3.8, 4) is 0 Å². The maximum absolute atomic E-state index is 11.8. The van der Waals surface area contributed by atoms with Gasteiger partial charge in [0.1, 0.15) is 11.6 Å². The van der Waals surface area contributed by atoms with E-state index in [1.807, 2.05) is 21.1 Å². The predicted octanol–water partition coefficient (Wildman–Crippen LogP) is -0.643. The van der Waals surface area contributed by atoms with Gasteiger partial charge >= 0.3 is 0 Å². The van der Waals surface area contributed by atoms with E-state index in [1.54, 1.807) is 0 Å². The Balaban J connectivity index is 2.92. The second-order valence-electron chi connectivity index (χ2n) is 4.11. The smallest absolute Gasteiger partial charge is 0.140 e. The van der Waals surface area contributed by atoms with Gasteiger partial charge in [0.25, 0.3) is 0 Å². The first-order valence-electron chi connectivity index (χ1n) is 5.43. The zero-order valence-corrected chi connectivity index (χ0v) is 10.0. The largest absolute Gasteiger partial charge is 0.302 e. The molecule has 0 saturated carbocycles. The SMILES string of the molecule is CCC1(NC)CC(=O)CC(NC)(NC)N1. The Hall–Kier alpha value is -0.490. The van der Waals surface area contributed by atoms with Gasteiger partial charge in [-0.1, -0.05) is 6.92 Å². The van der Waals surface area contributed by atoms with Crippen molar-refractivity contribution in [1.29, 1.82) is 0 Å². The Morgan fingerprint density at radius 1 is 1.20 bits per heavy atom. The molecule has 0 aliphatic carbocycles. The Morgan fingerprint density at radius 3 is 2.20 bits per heavy atom. The van der Waals surface area contributed by atoms with Gasteiger partial charge in [-0.25, -0.2) is 0 Å². The third kappa shape index (κ3) is 2.36. The van der Waals surface area contributed by atoms with Crippen molar-refractivity contribution in [3.63, 3.8) is 0 Å². The Morgan fingerprint density at radius 2 is 1.80 bits per heavy atom. The van der Waals surface area contributed by atoms with Gasteiger partial charge in [-0.2, -0.15) is 0 Å². The van der Waals surface area contributed by atoms with Gasteiger partial charge in [0.05, 0.1) is 12.1 Å². The van der Waals surface area contributed by atoms with Crippen LogP contribution in [0.15, 0.2) is 0 Å². The van der Waals surface area contributed by atoms with E-state index >= 15 is 0 Å². The molecule has 1 atom stereocenters. The molecule has 0 amide bonds. The lowest BCUT2D eigenvalue weighted by atomic mass is 9.90. The number of hydrogen-bond donors (Lipinski definition) is 4. The molecular formula is C10H22N4O. The molecule has 0 aromatic carbocycles. The minimum Gasteiger partial charge on any atom is -0.302 e. The van der Waals surface area contributed by atoms with E-state index in [1.165, 1.54) is 0 Å². The van der Waals surface area contributed by atoms with Crippen molar-refractivity contribution < 1.29 is 4.79 Å². The fourth-order valence-corrected chi connectivity index (χ4v) is 2.16. The standard InChI is InChI=1S/C10H22N4O/c1-5-9(11-2)6-8(15)7-10(12-3,13-4)14-9/h11-14H,5-7H2,1-4H3. The molecule has 5 nitrogen and oxygen atoms in total. The first kappa shape index (κ1) is 12.6. The zero-order valence-electron chi connectivity index (χ0n) is 10.0. The van der Waals surface area contributed by atoms with Crippen LogP contribution < -0.4 is 21.3 Å². The lowest BCUT2D eigenvalue weighted by molar-refractivity contribution is -0.127. The molecule has 1 aliphatic rings. The van der Waals surface area contributed by atoms with Crippen LogP contribution in [0.4, 0.5) is 0 Å². The first-order valence-corrected chi connectivity index (χ1v) is 5.43. The Labute approximate surface area is 91.4 Å². The van der Waals surface area contributed by atoms with Gasteiger partial charge < -0.3 is 5.32 Å². The molecule has 0 spiro atoms. The molecule has 15 heavy (non-hydrogen) atoms. The third-order valence-corrected chi connectivity index (χ3v) is 3.35. The van der Waals surface area contributed by atoms with Gasteiger partial charge in [0, 0.05) is 6.42 Å². The minimum absolute atomic E-state index is 0.258. The number of hydrogen-bond acceptors (Lipinski definition) is 5. The van der Waals surface area contributed by atoms with Crippen molar-refractivity contribution in [2.45, 2.75) is 37.6 Å². The van der Waals surface area contributed by atoms with E-state index in [0.29, 0.717) is 12.8 Å². The molecule has 5 heteroatoms. The van der Waals surface area contributed by atoms with E-state index in [0.717, 1.165) is 6.42 Å². The van der Waals surface area contributed by atoms with Crippen molar-refractivity contribution >= 4 is 5.78 Å². The van der Waals surface area contributed by atoms with Gasteiger partial charge in [-0.05, 0) is 27.6 Å². The quantitative estimate of drug-likeness (QED) is 0.469. The summed E-state index contributed by atoms with van der Waals surface area (Å²) in [6.07, 6.45) is 1.86. The second-order valence-corrected chi connectivity index (χ2v) is 4.11. The topological polar surface area (TPSA) is 65.2 Å². The van der Waals surface area contributed by atoms with E-state index in [9.17, 15) is 4.79 Å². The number of piperidine rings is 1. The van der Waals surface area contributed by atoms with E-state index in [2.05, 4.69) is 28.2 Å². The molecule has 4 N–H and O–H groups in total. The normalized spacial score (nSPS) is 30.5. The number of carbonyl (C=O) groups excluding carboxylic acids is 1. The fraction of sp³-hybridized carbons (Fsp3) is 0.900. The summed E-state index contributed by atoms with van der Waals surface area (Å²) < 4.78 is 0. The fourth-order valence-electron chi connectivity index (χ4n) is 2.16. The summed E-state index contributed by atoms with van der Waals surface area (Å²) in [6, 6.07) is 0. The summed E-state index contributed by atoms with van der Waals surface area (Å²) >= 11 is 0. The Kier molecular flexibility index (Phi) is 3.83. The van der Waals surface area contributed by atoms with Crippen molar-refractivity contribution in [2.24, 2.45) is 0 Å². The second kappa shape index (κ2) is 4.57. The van der Waals surface area contributed by atoms with Crippen LogP contribution in [0.5, 0.6) is 0 Å². The number of ketones is 1. The molecular weight excluding hydrogens is 192 g/mol. The molecule has 1 fully saturated rings. The highest BCUT2D eigenvalue weighted by Crippen LogP contribution is 2.23. The highest BCUT2D eigenvalue weighted by molar-refractivity contribution is 5.81. The molecule has 1 rings (SSSR count). The summed E-state index contributed by atoms with van der Waals surface area (Å²) in [5, 5.41) is 12.9. The molecule has 0 aromatic heterocycles. The maximum Gasteiger partial charge on any atom is 0.140 e. The summed E-state index contributed by atoms with van der Waals surface area (Å²) in [7, 11) is 5.57. The lowest BCUT2D eigenvalue weighted by Crippen LogP contribution is -2.77. The number of rotatable bonds is 4. The summed E-state index contributed by atoms with van der Waals surface area (Å²) in [6.45, 7) is 2.07. The first-order chi connectivity index (χ1) is 7.05. The average molecular weight is 214 g/mol. The summed E-state index contributed by atoms with van der Waals surface area (Å²) in [5.74, 6) is -0.234. The van der Waals surface area contributed by atoms with Crippen molar-refractivity contribution in [3.05, 3.63) is 0 Å². The molecule has 0 radical (unpaired) electrons. The van der Waals surface area contributed by atoms with Crippen LogP contribution in [-0.2, 0) is 4.79 Å². The van der Waals surface area contributed by atoms with Gasteiger partial charge in [0.15, 0.2) is 0 Å². The molecule has 1 heterocycles. The number of nitrogens with one attached hydrogen (secondary N) is 4. The molecule has 1 saturated heterocycles. The third-order valence-electron chi connectivity index (χ3n) is 3.35. The highest BCUT2D eigenvalue weighted by Gasteiger charge is 2.44. The van der Waals surface area contributed by atoms with Crippen molar-refractivity contribution in [2.75, 3.05) is 21.1 Å². The van der Waals surface area contributed by atoms with Crippen LogP contribution in [0, 0.1) is 0 Å². The van der Waals surface area contributed by atoms with Crippen molar-refractivity contribution in [1.82, 2.24) is 21.3 Å². The zero-order chi connectivity index (χ0) is 11.5. The summed E-state index contributed by atoms with van der Waals surface area (Å²) in [4.78, 5) is 11.8. The molecule has 1 aliphatic heterocycles. The highest BCUT2D eigenvalue weighted by atomic mass is 16.1. The number of carbonyl (C=O) groups is 1. The van der Waals surface area contributed by atoms with E-state index in [4.69, 9.17) is 0 Å². The molecule has 88 valence electrons. The molecule has 0 bridgehead atoms. The van der Waals surface area contributed by atoms with E-state index < -0.39 is 5.79 Å². The van der Waals surface area contributed by atoms with E-state index in [-0.39, 0.29) is 11.4 Å². The maximum atomic E-state index is 11.8. The van der Waals surface area contributed by atoms with Crippen LogP contribution in [0.1, 0.15) is 26.2 Å². The van der Waals surface area contributed by atoms with Gasteiger partial charge in [-0.3, -0.25) is 20.7 Å². The average Bonchev–Trinajstić information content (AvgIpc) is 2.28. The monoisotopic (exact) mass is 214 g/mol. The van der Waals surface area contributed by atoms with Gasteiger partial charge in [0.2, 0.25) is 0 Å². The predicted molar refractivity (Wildman–Crippen MR) is 60.3 cm³/mol. The van der Waals surface area contributed by atoms with Gasteiger partial charge in [-0.15, -0.1) is 0 Å². The van der Waals surface area contributed by atoms with Crippen LogP contribution in [-0.4, -0.2) is 38.4 Å². The number of Topliss-reactive ketones (excluding diaryl/α,β-unsaturated/α-hetero) is 1. The van der Waals surface area contributed by atoms with Crippen LogP contribution in [0.25, 0.3) is 0 Å². The summed E-state index contributed by atoms with van der Waals surface area (Å²) in [5.41, 5.74) is -0.304. The lowest BCUT2D eigenvalue weighted by Gasteiger charge is -2.48. The van der Waals surface area contributed by atoms with Crippen LogP contribution in [0.2, 0.25) is 0 Å². The molecule has 1 unspecified atom stereocenters. The van der Waals surface area contributed by atoms with Crippen LogP contribution >= 0.6 is 0 Å². The Bertz CT molecular complexity index is 212. The molecule has 0 aromatic rings. The van der Waals surface area contributed by atoms with Crippen LogP contribution in [0.3, 0.4) is 0 Å².